The molecule has 1 atom stereocenters. The fourth-order valence-corrected chi connectivity index (χ4v) is 5.65. The van der Waals surface area contributed by atoms with Crippen molar-refractivity contribution >= 4 is 21.5 Å². The molecule has 34 heavy (non-hydrogen) atoms. The number of rotatable bonds is 8. The number of carbonyl (C=O) groups is 2. The van der Waals surface area contributed by atoms with E-state index < -0.39 is 21.7 Å². The summed E-state index contributed by atoms with van der Waals surface area (Å²) in [4.78, 5) is 27.1. The van der Waals surface area contributed by atoms with Gasteiger partial charge in [-0.3, -0.25) is 9.59 Å². The second-order valence-electron chi connectivity index (χ2n) is 8.21. The Morgan fingerprint density at radius 2 is 1.53 bits per heavy atom. The third kappa shape index (κ3) is 5.88. The molecular formula is C26H24FNO5S. The van der Waals surface area contributed by atoms with Gasteiger partial charge in [0.25, 0.3) is 5.91 Å². The Kier molecular flexibility index (Phi) is 7.07. The Morgan fingerprint density at radius 1 is 0.912 bits per heavy atom. The molecule has 176 valence electrons. The van der Waals surface area contributed by atoms with E-state index in [4.69, 9.17) is 4.74 Å². The first-order valence-electron chi connectivity index (χ1n) is 10.9. The van der Waals surface area contributed by atoms with Crippen molar-refractivity contribution in [2.75, 3.05) is 18.1 Å². The largest absolute Gasteiger partial charge is 0.484 e. The molecule has 0 aromatic heterocycles. The van der Waals surface area contributed by atoms with Gasteiger partial charge in [0, 0.05) is 23.7 Å². The van der Waals surface area contributed by atoms with Crippen molar-refractivity contribution in [3.63, 3.8) is 0 Å². The molecule has 1 aliphatic heterocycles. The van der Waals surface area contributed by atoms with E-state index >= 15 is 0 Å². The number of ether oxygens (including phenoxy) is 1. The topological polar surface area (TPSA) is 80.8 Å². The molecule has 0 N–H and O–H groups in total. The molecule has 0 saturated carbocycles. The van der Waals surface area contributed by atoms with Crippen LogP contribution in [0.3, 0.4) is 0 Å². The van der Waals surface area contributed by atoms with Gasteiger partial charge in [0.15, 0.2) is 22.2 Å². The standard InChI is InChI=1S/C26H24FNO5S/c27-22-10-6-20(7-11-22)26(30)21-8-12-24(13-9-21)33-17-25(29)28(16-19-4-2-1-3-5-19)23-14-15-34(31,32)18-23/h1-13,23H,14-18H2/t23-/m1/s1. The second kappa shape index (κ2) is 10.2. The lowest BCUT2D eigenvalue weighted by molar-refractivity contribution is -0.136. The van der Waals surface area contributed by atoms with Gasteiger partial charge in [0.1, 0.15) is 11.6 Å². The Morgan fingerprint density at radius 3 is 2.12 bits per heavy atom. The predicted octanol–water partition coefficient (Wildman–Crippen LogP) is 3.65. The number of ketones is 1. The van der Waals surface area contributed by atoms with Crippen LogP contribution in [0.1, 0.15) is 27.9 Å². The van der Waals surface area contributed by atoms with E-state index in [1.165, 1.54) is 24.3 Å². The first-order valence-corrected chi connectivity index (χ1v) is 12.7. The summed E-state index contributed by atoms with van der Waals surface area (Å²) in [7, 11) is -3.16. The van der Waals surface area contributed by atoms with E-state index in [2.05, 4.69) is 0 Å². The average molecular weight is 482 g/mol. The Labute approximate surface area is 197 Å². The first kappa shape index (κ1) is 23.6. The van der Waals surface area contributed by atoms with Crippen LogP contribution >= 0.6 is 0 Å². The lowest BCUT2D eigenvalue weighted by Gasteiger charge is -2.28. The molecule has 0 spiro atoms. The molecule has 1 amide bonds. The highest BCUT2D eigenvalue weighted by atomic mass is 32.2. The normalized spacial score (nSPS) is 16.7. The maximum atomic E-state index is 13.1. The van der Waals surface area contributed by atoms with Crippen molar-refractivity contribution in [3.8, 4) is 5.75 Å². The maximum Gasteiger partial charge on any atom is 0.261 e. The lowest BCUT2D eigenvalue weighted by atomic mass is 10.0. The number of carbonyl (C=O) groups excluding carboxylic acids is 2. The van der Waals surface area contributed by atoms with E-state index in [1.807, 2.05) is 30.3 Å². The summed E-state index contributed by atoms with van der Waals surface area (Å²) in [6.07, 6.45) is 0.404. The number of nitrogens with zero attached hydrogens (tertiary/aromatic N) is 1. The van der Waals surface area contributed by atoms with Crippen LogP contribution in [-0.2, 0) is 21.2 Å². The molecule has 0 bridgehead atoms. The summed E-state index contributed by atoms with van der Waals surface area (Å²) in [5.41, 5.74) is 1.68. The van der Waals surface area contributed by atoms with Crippen LogP contribution in [0.15, 0.2) is 78.9 Å². The molecule has 3 aromatic carbocycles. The third-order valence-corrected chi connectivity index (χ3v) is 7.50. The molecule has 8 heteroatoms. The minimum Gasteiger partial charge on any atom is -0.484 e. The van der Waals surface area contributed by atoms with E-state index in [0.717, 1.165) is 5.56 Å². The maximum absolute atomic E-state index is 13.1. The van der Waals surface area contributed by atoms with Crippen LogP contribution in [0.4, 0.5) is 4.39 Å². The Balaban J connectivity index is 1.41. The molecule has 1 fully saturated rings. The highest BCUT2D eigenvalue weighted by molar-refractivity contribution is 7.91. The summed E-state index contributed by atoms with van der Waals surface area (Å²) in [6.45, 7) is 0.0446. The molecule has 3 aromatic rings. The summed E-state index contributed by atoms with van der Waals surface area (Å²) < 4.78 is 42.7. The van der Waals surface area contributed by atoms with E-state index in [0.29, 0.717) is 29.8 Å². The highest BCUT2D eigenvalue weighted by Gasteiger charge is 2.34. The number of halogens is 1. The second-order valence-corrected chi connectivity index (χ2v) is 10.4. The highest BCUT2D eigenvalue weighted by Crippen LogP contribution is 2.21. The van der Waals surface area contributed by atoms with E-state index in [1.54, 1.807) is 29.2 Å². The molecule has 0 unspecified atom stereocenters. The fourth-order valence-electron chi connectivity index (χ4n) is 3.92. The fraction of sp³-hybridized carbons (Fsp3) is 0.231. The van der Waals surface area contributed by atoms with E-state index in [9.17, 15) is 22.4 Å². The van der Waals surface area contributed by atoms with Gasteiger partial charge in [0.05, 0.1) is 11.5 Å². The van der Waals surface area contributed by atoms with Gasteiger partial charge in [-0.05, 0) is 60.5 Å². The molecule has 1 aliphatic rings. The van der Waals surface area contributed by atoms with Crippen molar-refractivity contribution in [1.29, 1.82) is 0 Å². The zero-order valence-electron chi connectivity index (χ0n) is 18.4. The molecule has 0 radical (unpaired) electrons. The van der Waals surface area contributed by atoms with Crippen molar-refractivity contribution in [1.82, 2.24) is 4.90 Å². The summed E-state index contributed by atoms with van der Waals surface area (Å²) in [6, 6.07) is 20.6. The van der Waals surface area contributed by atoms with Gasteiger partial charge in [-0.2, -0.15) is 0 Å². The number of benzene rings is 3. The van der Waals surface area contributed by atoms with Crippen molar-refractivity contribution in [2.45, 2.75) is 19.0 Å². The number of hydrogen-bond donors (Lipinski definition) is 0. The molecule has 4 rings (SSSR count). The van der Waals surface area contributed by atoms with Gasteiger partial charge < -0.3 is 9.64 Å². The Hall–Kier alpha value is -3.52. The van der Waals surface area contributed by atoms with Crippen molar-refractivity contribution < 1.29 is 27.1 Å². The summed E-state index contributed by atoms with van der Waals surface area (Å²) in [5, 5.41) is 0. The minimum absolute atomic E-state index is 0.0498. The molecule has 6 nitrogen and oxygen atoms in total. The number of amides is 1. The monoisotopic (exact) mass is 481 g/mol. The molecule has 1 heterocycles. The molecule has 0 aliphatic carbocycles. The summed E-state index contributed by atoms with van der Waals surface area (Å²) in [5.74, 6) is -0.549. The third-order valence-electron chi connectivity index (χ3n) is 5.75. The average Bonchev–Trinajstić information content (AvgIpc) is 3.21. The van der Waals surface area contributed by atoms with Gasteiger partial charge in [0.2, 0.25) is 0 Å². The minimum atomic E-state index is -3.16. The van der Waals surface area contributed by atoms with Gasteiger partial charge in [-0.1, -0.05) is 30.3 Å². The van der Waals surface area contributed by atoms with Gasteiger partial charge >= 0.3 is 0 Å². The quantitative estimate of drug-likeness (QED) is 0.459. The van der Waals surface area contributed by atoms with Crippen LogP contribution in [0.25, 0.3) is 0 Å². The smallest absolute Gasteiger partial charge is 0.261 e. The molecule has 1 saturated heterocycles. The molecular weight excluding hydrogens is 457 g/mol. The zero-order valence-corrected chi connectivity index (χ0v) is 19.2. The van der Waals surface area contributed by atoms with Crippen LogP contribution in [0, 0.1) is 5.82 Å². The van der Waals surface area contributed by atoms with Gasteiger partial charge in [-0.25, -0.2) is 12.8 Å². The summed E-state index contributed by atoms with van der Waals surface area (Å²) >= 11 is 0. The van der Waals surface area contributed by atoms with Gasteiger partial charge in [-0.15, -0.1) is 0 Å². The van der Waals surface area contributed by atoms with Crippen LogP contribution in [-0.4, -0.2) is 49.2 Å². The zero-order chi connectivity index (χ0) is 24.1. The van der Waals surface area contributed by atoms with Crippen LogP contribution in [0.2, 0.25) is 0 Å². The first-order chi connectivity index (χ1) is 16.3. The van der Waals surface area contributed by atoms with Crippen molar-refractivity contribution in [2.24, 2.45) is 0 Å². The van der Waals surface area contributed by atoms with Crippen LogP contribution in [0.5, 0.6) is 5.75 Å². The van der Waals surface area contributed by atoms with Crippen molar-refractivity contribution in [3.05, 3.63) is 101 Å². The van der Waals surface area contributed by atoms with Crippen LogP contribution < -0.4 is 4.74 Å². The Bertz CT molecular complexity index is 1260. The number of hydrogen-bond acceptors (Lipinski definition) is 5. The SMILES string of the molecule is O=C(c1ccc(F)cc1)c1ccc(OCC(=O)N(Cc2ccccc2)[C@@H]2CCS(=O)(=O)C2)cc1. The predicted molar refractivity (Wildman–Crippen MR) is 126 cm³/mol. The number of sulfone groups is 1. The van der Waals surface area contributed by atoms with E-state index in [-0.39, 0.29) is 29.8 Å². The lowest BCUT2D eigenvalue weighted by Crippen LogP contribution is -2.43.